The first-order valence-corrected chi connectivity index (χ1v) is 12.5. The van der Waals surface area contributed by atoms with Crippen molar-refractivity contribution in [1.29, 1.82) is 0 Å². The molecule has 174 valence electrons. The molecule has 0 saturated carbocycles. The van der Waals surface area contributed by atoms with Gasteiger partial charge in [-0.1, -0.05) is 20.8 Å². The molecule has 1 aromatic heterocycles. The summed E-state index contributed by atoms with van der Waals surface area (Å²) in [4.78, 5) is 33.0. The molecular formula is C27H33N3O3. The maximum Gasteiger partial charge on any atom is 0.241 e. The van der Waals surface area contributed by atoms with Gasteiger partial charge in [-0.3, -0.25) is 14.5 Å². The summed E-state index contributed by atoms with van der Waals surface area (Å²) in [6.07, 6.45) is 3.19. The van der Waals surface area contributed by atoms with Gasteiger partial charge in [-0.15, -0.1) is 0 Å². The molecule has 0 unspecified atom stereocenters. The van der Waals surface area contributed by atoms with E-state index < -0.39 is 5.60 Å². The Balaban J connectivity index is 1.43. The second-order valence-corrected chi connectivity index (χ2v) is 12.6. The Morgan fingerprint density at radius 3 is 2.70 bits per heavy atom. The first kappa shape index (κ1) is 20.1. The average molecular weight is 448 g/mol. The number of nitrogens with zero attached hydrogens (tertiary/aromatic N) is 1. The second kappa shape index (κ2) is 5.65. The molecule has 5 aliphatic heterocycles. The van der Waals surface area contributed by atoms with Crippen LogP contribution in [-0.4, -0.2) is 51.3 Å². The van der Waals surface area contributed by atoms with E-state index in [1.54, 1.807) is 0 Å². The van der Waals surface area contributed by atoms with Crippen molar-refractivity contribution in [2.45, 2.75) is 82.4 Å². The molecule has 2 N–H and O–H groups in total. The number of aromatic nitrogens is 1. The van der Waals surface area contributed by atoms with Crippen LogP contribution in [0.3, 0.4) is 0 Å². The molecule has 2 bridgehead atoms. The van der Waals surface area contributed by atoms with E-state index in [0.717, 1.165) is 43.3 Å². The first-order valence-electron chi connectivity index (χ1n) is 12.5. The molecule has 1 aromatic carbocycles. The molecule has 6 aliphatic rings. The number of aromatic amines is 1. The summed E-state index contributed by atoms with van der Waals surface area (Å²) in [5.74, 6) is 1.78. The summed E-state index contributed by atoms with van der Waals surface area (Å²) in [6.45, 7) is 12.8. The minimum atomic E-state index is -0.484. The summed E-state index contributed by atoms with van der Waals surface area (Å²) in [6, 6.07) is 4.08. The molecule has 0 radical (unpaired) electrons. The molecular weight excluding hydrogens is 414 g/mol. The van der Waals surface area contributed by atoms with E-state index in [1.807, 2.05) is 19.9 Å². The zero-order chi connectivity index (χ0) is 23.1. The van der Waals surface area contributed by atoms with Crippen molar-refractivity contribution in [1.82, 2.24) is 15.2 Å². The Kier molecular flexibility index (Phi) is 3.44. The lowest BCUT2D eigenvalue weighted by Gasteiger charge is -2.66. The van der Waals surface area contributed by atoms with Crippen LogP contribution >= 0.6 is 0 Å². The van der Waals surface area contributed by atoms with E-state index in [2.05, 4.69) is 42.0 Å². The van der Waals surface area contributed by atoms with Crippen LogP contribution in [0.25, 0.3) is 10.9 Å². The number of piperidine rings is 2. The van der Waals surface area contributed by atoms with Crippen molar-refractivity contribution in [2.24, 2.45) is 11.8 Å². The van der Waals surface area contributed by atoms with Gasteiger partial charge < -0.3 is 15.0 Å². The van der Waals surface area contributed by atoms with Crippen molar-refractivity contribution in [3.8, 4) is 5.75 Å². The third-order valence-electron chi connectivity index (χ3n) is 9.93. The van der Waals surface area contributed by atoms with Crippen LogP contribution in [0.1, 0.15) is 75.5 Å². The van der Waals surface area contributed by atoms with E-state index in [9.17, 15) is 9.59 Å². The Morgan fingerprint density at radius 1 is 1.12 bits per heavy atom. The summed E-state index contributed by atoms with van der Waals surface area (Å²) in [5.41, 5.74) is 2.85. The number of ether oxygens (including phenoxy) is 1. The molecule has 4 atom stereocenters. The SMILES string of the molecule is C[C@H]1CCN2C[C@]34Cc5c([nH]c6c7c(ccc56)OC(C)(C)CC7=O)C(C)(C)[C@@H]3C[C@]12C(=O)N4. The van der Waals surface area contributed by atoms with Gasteiger partial charge in [0, 0.05) is 23.0 Å². The molecule has 6 nitrogen and oxygen atoms in total. The van der Waals surface area contributed by atoms with Gasteiger partial charge in [0.25, 0.3) is 0 Å². The van der Waals surface area contributed by atoms with E-state index in [4.69, 9.17) is 4.74 Å². The number of piperazine rings is 1. The maximum atomic E-state index is 13.5. The van der Waals surface area contributed by atoms with Crippen LogP contribution in [0.15, 0.2) is 12.1 Å². The number of carbonyl (C=O) groups excluding carboxylic acids is 2. The number of hydrogen-bond acceptors (Lipinski definition) is 4. The highest BCUT2D eigenvalue weighted by molar-refractivity contribution is 6.11. The number of nitrogens with one attached hydrogen (secondary N) is 2. The fourth-order valence-electron chi connectivity index (χ4n) is 8.39. The Bertz CT molecular complexity index is 1270. The van der Waals surface area contributed by atoms with Crippen molar-refractivity contribution < 1.29 is 14.3 Å². The lowest BCUT2D eigenvalue weighted by molar-refractivity contribution is -0.164. The van der Waals surface area contributed by atoms with Crippen LogP contribution in [0.5, 0.6) is 5.75 Å². The number of fused-ring (bicyclic) bond motifs is 6. The van der Waals surface area contributed by atoms with Gasteiger partial charge >= 0.3 is 0 Å². The largest absolute Gasteiger partial charge is 0.487 e. The third-order valence-corrected chi connectivity index (χ3v) is 9.93. The topological polar surface area (TPSA) is 74.4 Å². The van der Waals surface area contributed by atoms with Gasteiger partial charge in [0.1, 0.15) is 16.9 Å². The highest BCUT2D eigenvalue weighted by Crippen LogP contribution is 2.60. The van der Waals surface area contributed by atoms with Crippen molar-refractivity contribution >= 4 is 22.6 Å². The lowest BCUT2D eigenvalue weighted by Crippen LogP contribution is -2.83. The van der Waals surface area contributed by atoms with Gasteiger partial charge in [-0.2, -0.15) is 0 Å². The highest BCUT2D eigenvalue weighted by Gasteiger charge is 2.70. The van der Waals surface area contributed by atoms with Gasteiger partial charge in [0.15, 0.2) is 5.78 Å². The number of benzene rings is 1. The third kappa shape index (κ3) is 2.20. The molecule has 1 amide bonds. The molecule has 1 aliphatic carbocycles. The van der Waals surface area contributed by atoms with Crippen LogP contribution in [0.4, 0.5) is 0 Å². The molecule has 2 spiro atoms. The summed E-state index contributed by atoms with van der Waals surface area (Å²) < 4.78 is 6.19. The van der Waals surface area contributed by atoms with Gasteiger partial charge in [0.05, 0.1) is 23.0 Å². The summed E-state index contributed by atoms with van der Waals surface area (Å²) in [7, 11) is 0. The number of carbonyl (C=O) groups is 2. The highest BCUT2D eigenvalue weighted by atomic mass is 16.5. The number of H-pyrrole nitrogens is 1. The quantitative estimate of drug-likeness (QED) is 0.646. The number of ketones is 1. The summed E-state index contributed by atoms with van der Waals surface area (Å²) >= 11 is 0. The monoisotopic (exact) mass is 447 g/mol. The van der Waals surface area contributed by atoms with Crippen molar-refractivity contribution in [2.75, 3.05) is 13.1 Å². The van der Waals surface area contributed by atoms with Crippen LogP contribution in [0, 0.1) is 11.8 Å². The van der Waals surface area contributed by atoms with E-state index in [0.29, 0.717) is 29.6 Å². The second-order valence-electron chi connectivity index (χ2n) is 12.6. The average Bonchev–Trinajstić information content (AvgIpc) is 3.24. The normalized spacial score (nSPS) is 37.7. The number of amides is 1. The molecule has 4 fully saturated rings. The van der Waals surface area contributed by atoms with Gasteiger partial charge in [-0.25, -0.2) is 0 Å². The van der Waals surface area contributed by atoms with Gasteiger partial charge in [0.2, 0.25) is 5.91 Å². The first-order chi connectivity index (χ1) is 15.5. The van der Waals surface area contributed by atoms with Crippen molar-refractivity contribution in [3.05, 3.63) is 29.0 Å². The Labute approximate surface area is 194 Å². The van der Waals surface area contributed by atoms with E-state index >= 15 is 0 Å². The van der Waals surface area contributed by atoms with Gasteiger partial charge in [-0.05, 0) is 69.2 Å². The predicted octanol–water partition coefficient (Wildman–Crippen LogP) is 3.71. The standard InChI is InChI=1S/C27H33N3O3/c1-14-8-9-30-13-26-10-16-15-6-7-18-20(17(31)11-24(2,3)33-18)21(15)28-22(16)25(4,5)19(26)12-27(14,30)23(32)29-26/h6-7,14,19,28H,8-13H2,1-5H3,(H,29,32)/t14-,19-,26+,27+/m0/s1. The maximum absolute atomic E-state index is 13.5. The van der Waals surface area contributed by atoms with Crippen LogP contribution in [-0.2, 0) is 16.6 Å². The van der Waals surface area contributed by atoms with Crippen molar-refractivity contribution in [3.63, 3.8) is 0 Å². The molecule has 4 saturated heterocycles. The van der Waals surface area contributed by atoms with Crippen LogP contribution < -0.4 is 10.1 Å². The molecule has 8 rings (SSSR count). The Morgan fingerprint density at radius 2 is 1.91 bits per heavy atom. The molecule has 6 heteroatoms. The summed E-state index contributed by atoms with van der Waals surface area (Å²) in [5, 5.41) is 4.68. The van der Waals surface area contributed by atoms with E-state index in [1.165, 1.54) is 11.3 Å². The molecule has 2 aromatic rings. The number of rotatable bonds is 0. The lowest BCUT2D eigenvalue weighted by atomic mass is 9.51. The molecule has 6 heterocycles. The Hall–Kier alpha value is -2.34. The predicted molar refractivity (Wildman–Crippen MR) is 126 cm³/mol. The molecule has 33 heavy (non-hydrogen) atoms. The fraction of sp³-hybridized carbons (Fsp3) is 0.630. The smallest absolute Gasteiger partial charge is 0.241 e. The number of hydrogen-bond donors (Lipinski definition) is 2. The minimum absolute atomic E-state index is 0.140. The zero-order valence-corrected chi connectivity index (χ0v) is 20.2. The zero-order valence-electron chi connectivity index (χ0n) is 20.2. The fourth-order valence-corrected chi connectivity index (χ4v) is 8.39. The van der Waals surface area contributed by atoms with Crippen LogP contribution in [0.2, 0.25) is 0 Å². The van der Waals surface area contributed by atoms with E-state index in [-0.39, 0.29) is 28.2 Å². The minimum Gasteiger partial charge on any atom is -0.487 e. The number of Topliss-reactive ketones (excluding diaryl/α,β-unsaturated/α-hetero) is 1.